The monoisotopic (exact) mass is 345 g/mol. The molecule has 0 radical (unpaired) electrons. The number of aliphatic hydroxyl groups is 1. The SMILES string of the molecule is O=C(/C=C/c1ccsc1)NC[C@@](O)(c1ccco1)c1cccs1. The van der Waals surface area contributed by atoms with Crippen LogP contribution in [0.4, 0.5) is 0 Å². The Bertz CT molecular complexity index is 725. The van der Waals surface area contributed by atoms with Gasteiger partial charge in [0.25, 0.3) is 0 Å². The number of thiophene rings is 2. The summed E-state index contributed by atoms with van der Waals surface area (Å²) < 4.78 is 5.36. The van der Waals surface area contributed by atoms with E-state index < -0.39 is 5.60 Å². The first-order valence-electron chi connectivity index (χ1n) is 6.97. The quantitative estimate of drug-likeness (QED) is 0.673. The van der Waals surface area contributed by atoms with E-state index >= 15 is 0 Å². The third-order valence-corrected chi connectivity index (χ3v) is 5.07. The molecule has 3 heterocycles. The van der Waals surface area contributed by atoms with Gasteiger partial charge in [-0.15, -0.1) is 11.3 Å². The van der Waals surface area contributed by atoms with E-state index in [0.717, 1.165) is 10.4 Å². The van der Waals surface area contributed by atoms with Crippen molar-refractivity contribution in [3.05, 3.63) is 75.0 Å². The first kappa shape index (κ1) is 15.7. The van der Waals surface area contributed by atoms with Crippen LogP contribution in [0.5, 0.6) is 0 Å². The predicted octanol–water partition coefficient (Wildman–Crippen LogP) is 3.47. The Morgan fingerprint density at radius 2 is 2.22 bits per heavy atom. The Morgan fingerprint density at radius 3 is 2.87 bits per heavy atom. The highest BCUT2D eigenvalue weighted by molar-refractivity contribution is 7.10. The normalized spacial score (nSPS) is 14.0. The van der Waals surface area contributed by atoms with Crippen molar-refractivity contribution in [3.8, 4) is 0 Å². The summed E-state index contributed by atoms with van der Waals surface area (Å²) >= 11 is 2.98. The molecule has 4 nitrogen and oxygen atoms in total. The number of nitrogens with one attached hydrogen (secondary N) is 1. The summed E-state index contributed by atoms with van der Waals surface area (Å²) in [7, 11) is 0. The Hall–Kier alpha value is -2.15. The van der Waals surface area contributed by atoms with Gasteiger partial charge in [0.15, 0.2) is 5.60 Å². The van der Waals surface area contributed by atoms with Gasteiger partial charge in [0, 0.05) is 11.0 Å². The van der Waals surface area contributed by atoms with Crippen molar-refractivity contribution >= 4 is 34.7 Å². The molecule has 0 aromatic carbocycles. The number of hydrogen-bond acceptors (Lipinski definition) is 5. The van der Waals surface area contributed by atoms with Gasteiger partial charge in [-0.3, -0.25) is 4.79 Å². The lowest BCUT2D eigenvalue weighted by Crippen LogP contribution is -2.40. The second-order valence-electron chi connectivity index (χ2n) is 4.92. The van der Waals surface area contributed by atoms with Crippen LogP contribution in [0.15, 0.2) is 63.2 Å². The first-order valence-corrected chi connectivity index (χ1v) is 8.79. The molecule has 6 heteroatoms. The Morgan fingerprint density at radius 1 is 1.30 bits per heavy atom. The number of furan rings is 1. The Labute approximate surface area is 141 Å². The fourth-order valence-electron chi connectivity index (χ4n) is 2.14. The van der Waals surface area contributed by atoms with Gasteiger partial charge in [0.2, 0.25) is 5.91 Å². The third kappa shape index (κ3) is 3.61. The lowest BCUT2D eigenvalue weighted by atomic mass is 9.98. The summed E-state index contributed by atoms with van der Waals surface area (Å²) in [4.78, 5) is 12.7. The summed E-state index contributed by atoms with van der Waals surface area (Å²) in [6.45, 7) is 0.0356. The second kappa shape index (κ2) is 6.95. The van der Waals surface area contributed by atoms with Gasteiger partial charge in [-0.25, -0.2) is 0 Å². The van der Waals surface area contributed by atoms with Crippen molar-refractivity contribution in [1.82, 2.24) is 5.32 Å². The third-order valence-electron chi connectivity index (χ3n) is 3.35. The van der Waals surface area contributed by atoms with Crippen molar-refractivity contribution in [3.63, 3.8) is 0 Å². The molecular weight excluding hydrogens is 330 g/mol. The van der Waals surface area contributed by atoms with Gasteiger partial charge >= 0.3 is 0 Å². The summed E-state index contributed by atoms with van der Waals surface area (Å²) in [6.07, 6.45) is 4.70. The molecule has 0 unspecified atom stereocenters. The first-order chi connectivity index (χ1) is 11.2. The second-order valence-corrected chi connectivity index (χ2v) is 6.65. The van der Waals surface area contributed by atoms with Crippen LogP contribution in [-0.4, -0.2) is 17.6 Å². The average molecular weight is 345 g/mol. The van der Waals surface area contributed by atoms with Crippen molar-refractivity contribution in [2.24, 2.45) is 0 Å². The van der Waals surface area contributed by atoms with Crippen molar-refractivity contribution < 1.29 is 14.3 Å². The highest BCUT2D eigenvalue weighted by atomic mass is 32.1. The van der Waals surface area contributed by atoms with Crippen LogP contribution in [0.2, 0.25) is 0 Å². The minimum atomic E-state index is -1.37. The molecule has 0 fully saturated rings. The van der Waals surface area contributed by atoms with Crippen LogP contribution >= 0.6 is 22.7 Å². The van der Waals surface area contributed by atoms with Crippen LogP contribution < -0.4 is 5.32 Å². The molecule has 2 N–H and O–H groups in total. The number of carbonyl (C=O) groups is 1. The van der Waals surface area contributed by atoms with Crippen LogP contribution in [0.1, 0.15) is 16.2 Å². The van der Waals surface area contributed by atoms with Gasteiger partial charge in [-0.2, -0.15) is 11.3 Å². The lowest BCUT2D eigenvalue weighted by molar-refractivity contribution is -0.117. The van der Waals surface area contributed by atoms with E-state index in [2.05, 4.69) is 5.32 Å². The fourth-order valence-corrected chi connectivity index (χ4v) is 3.60. The van der Waals surface area contributed by atoms with Crippen molar-refractivity contribution in [2.75, 3.05) is 6.54 Å². The zero-order chi connectivity index (χ0) is 16.1. The highest BCUT2D eigenvalue weighted by Gasteiger charge is 2.35. The molecule has 0 saturated carbocycles. The van der Waals surface area contributed by atoms with E-state index in [9.17, 15) is 9.90 Å². The summed E-state index contributed by atoms with van der Waals surface area (Å²) in [5.74, 6) is 0.139. The van der Waals surface area contributed by atoms with Gasteiger partial charge in [-0.05, 0) is 52.0 Å². The van der Waals surface area contributed by atoms with E-state index in [-0.39, 0.29) is 12.5 Å². The maximum atomic E-state index is 12.0. The number of hydrogen-bond donors (Lipinski definition) is 2. The largest absolute Gasteiger partial charge is 0.466 e. The molecule has 3 aromatic rings. The molecule has 0 spiro atoms. The van der Waals surface area contributed by atoms with Crippen LogP contribution in [0.25, 0.3) is 6.08 Å². The zero-order valence-corrected chi connectivity index (χ0v) is 13.8. The van der Waals surface area contributed by atoms with E-state index in [1.807, 2.05) is 34.3 Å². The molecule has 0 bridgehead atoms. The molecule has 0 saturated heterocycles. The zero-order valence-electron chi connectivity index (χ0n) is 12.1. The van der Waals surface area contributed by atoms with E-state index in [4.69, 9.17) is 4.42 Å². The summed E-state index contributed by atoms with van der Waals surface area (Å²) in [5, 5.41) is 19.5. The molecule has 3 aromatic heterocycles. The van der Waals surface area contributed by atoms with Gasteiger partial charge in [0.05, 0.1) is 12.8 Å². The lowest BCUT2D eigenvalue weighted by Gasteiger charge is -2.24. The highest BCUT2D eigenvalue weighted by Crippen LogP contribution is 2.32. The molecule has 0 aliphatic carbocycles. The molecule has 0 aliphatic rings. The maximum absolute atomic E-state index is 12.0. The Kier molecular flexibility index (Phi) is 4.76. The van der Waals surface area contributed by atoms with Crippen LogP contribution in [0.3, 0.4) is 0 Å². The van der Waals surface area contributed by atoms with Gasteiger partial charge < -0.3 is 14.8 Å². The topological polar surface area (TPSA) is 62.5 Å². The number of carbonyl (C=O) groups excluding carboxylic acids is 1. The molecular formula is C17H15NO3S2. The van der Waals surface area contributed by atoms with Crippen LogP contribution in [-0.2, 0) is 10.4 Å². The minimum Gasteiger partial charge on any atom is -0.466 e. The molecule has 23 heavy (non-hydrogen) atoms. The fraction of sp³-hybridized carbons (Fsp3) is 0.118. The standard InChI is InChI=1S/C17H15NO3S2/c19-16(6-5-13-7-10-22-11-13)18-12-17(20,14-3-1-8-21-14)15-4-2-9-23-15/h1-11,20H,12H2,(H,18,19)/b6-5+/t17-/m1/s1. The Balaban J connectivity index is 1.71. The predicted molar refractivity (Wildman–Crippen MR) is 92.4 cm³/mol. The van der Waals surface area contributed by atoms with Crippen molar-refractivity contribution in [1.29, 1.82) is 0 Å². The summed E-state index contributed by atoms with van der Waals surface area (Å²) in [5.41, 5.74) is -0.395. The summed E-state index contributed by atoms with van der Waals surface area (Å²) in [6, 6.07) is 9.02. The van der Waals surface area contributed by atoms with E-state index in [1.165, 1.54) is 23.7 Å². The molecule has 1 atom stereocenters. The molecule has 1 amide bonds. The molecule has 118 valence electrons. The number of amides is 1. The smallest absolute Gasteiger partial charge is 0.244 e. The minimum absolute atomic E-state index is 0.0356. The molecule has 3 rings (SSSR count). The van der Waals surface area contributed by atoms with E-state index in [0.29, 0.717) is 5.76 Å². The average Bonchev–Trinajstić information content (AvgIpc) is 3.33. The van der Waals surface area contributed by atoms with E-state index in [1.54, 1.807) is 29.5 Å². The van der Waals surface area contributed by atoms with Crippen LogP contribution in [0, 0.1) is 0 Å². The molecule has 0 aliphatic heterocycles. The van der Waals surface area contributed by atoms with Gasteiger partial charge in [0.1, 0.15) is 5.76 Å². The maximum Gasteiger partial charge on any atom is 0.244 e. The number of rotatable bonds is 6. The van der Waals surface area contributed by atoms with Crippen molar-refractivity contribution in [2.45, 2.75) is 5.60 Å². The van der Waals surface area contributed by atoms with Gasteiger partial charge in [-0.1, -0.05) is 6.07 Å².